The minimum absolute atomic E-state index is 0.0542. The van der Waals surface area contributed by atoms with Crippen LogP contribution in [-0.2, 0) is 11.3 Å². The summed E-state index contributed by atoms with van der Waals surface area (Å²) in [5.41, 5.74) is 2.26. The minimum Gasteiger partial charge on any atom is -0.346 e. The highest BCUT2D eigenvalue weighted by molar-refractivity contribution is 5.92. The molecule has 1 aromatic heterocycles. The van der Waals surface area contributed by atoms with E-state index in [1.165, 1.54) is 6.07 Å². The first kappa shape index (κ1) is 22.0. The van der Waals surface area contributed by atoms with E-state index in [-0.39, 0.29) is 24.1 Å². The van der Waals surface area contributed by atoms with E-state index in [0.29, 0.717) is 17.8 Å². The molecule has 0 saturated carbocycles. The van der Waals surface area contributed by atoms with Gasteiger partial charge in [-0.15, -0.1) is 0 Å². The third-order valence-corrected chi connectivity index (χ3v) is 4.58. The van der Waals surface area contributed by atoms with E-state index < -0.39 is 11.3 Å². The second kappa shape index (κ2) is 9.84. The van der Waals surface area contributed by atoms with Crippen molar-refractivity contribution in [1.29, 1.82) is 0 Å². The van der Waals surface area contributed by atoms with Crippen molar-refractivity contribution in [2.75, 3.05) is 5.32 Å². The van der Waals surface area contributed by atoms with Gasteiger partial charge in [0.15, 0.2) is 5.69 Å². The molecule has 31 heavy (non-hydrogen) atoms. The highest BCUT2D eigenvalue weighted by atomic mass is 16.2. The Bertz CT molecular complexity index is 1140. The highest BCUT2D eigenvalue weighted by Crippen LogP contribution is 2.13. The molecule has 0 atom stereocenters. The maximum absolute atomic E-state index is 12.7. The predicted molar refractivity (Wildman–Crippen MR) is 120 cm³/mol. The van der Waals surface area contributed by atoms with E-state index in [9.17, 15) is 14.4 Å². The van der Waals surface area contributed by atoms with Gasteiger partial charge in [0.05, 0.1) is 5.69 Å². The van der Waals surface area contributed by atoms with E-state index in [1.807, 2.05) is 50.2 Å². The summed E-state index contributed by atoms with van der Waals surface area (Å²) in [4.78, 5) is 37.0. The zero-order valence-electron chi connectivity index (χ0n) is 17.9. The van der Waals surface area contributed by atoms with Crippen molar-refractivity contribution in [3.05, 3.63) is 87.8 Å². The molecular formula is C24H26N4O3. The molecule has 7 nitrogen and oxygen atoms in total. The van der Waals surface area contributed by atoms with Gasteiger partial charge in [-0.1, -0.05) is 44.2 Å². The fourth-order valence-electron chi connectivity index (χ4n) is 3.14. The maximum Gasteiger partial charge on any atom is 0.276 e. The molecule has 3 aromatic rings. The molecule has 0 aliphatic carbocycles. The van der Waals surface area contributed by atoms with Crippen molar-refractivity contribution < 1.29 is 9.59 Å². The van der Waals surface area contributed by atoms with Gasteiger partial charge in [0.2, 0.25) is 11.3 Å². The van der Waals surface area contributed by atoms with Gasteiger partial charge < -0.3 is 10.6 Å². The fourth-order valence-corrected chi connectivity index (χ4v) is 3.14. The van der Waals surface area contributed by atoms with Crippen molar-refractivity contribution >= 4 is 17.5 Å². The topological polar surface area (TPSA) is 93.1 Å². The molecule has 0 aliphatic heterocycles. The summed E-state index contributed by atoms with van der Waals surface area (Å²) in [5, 5.41) is 9.87. The number of hydrogen-bond acceptors (Lipinski definition) is 4. The number of aromatic nitrogens is 2. The summed E-state index contributed by atoms with van der Waals surface area (Å²) in [6, 6.07) is 17.9. The molecular weight excluding hydrogens is 392 g/mol. The standard InChI is InChI=1S/C24H26N4O3/c1-16(2)12-22(30)26-19-9-7-8-18(14-19)15-25-24(31)23-21(29)13-17(3)28(27-23)20-10-5-4-6-11-20/h4-11,13-14,16H,12,15H2,1-3H3,(H,25,31)(H,26,30). The second-order valence-electron chi connectivity index (χ2n) is 7.78. The van der Waals surface area contributed by atoms with Crippen molar-refractivity contribution in [2.24, 2.45) is 5.92 Å². The van der Waals surface area contributed by atoms with Crippen LogP contribution in [0.3, 0.4) is 0 Å². The Morgan fingerprint density at radius 1 is 1.03 bits per heavy atom. The molecule has 0 unspecified atom stereocenters. The maximum atomic E-state index is 12.7. The molecule has 2 aromatic carbocycles. The Morgan fingerprint density at radius 3 is 2.48 bits per heavy atom. The number of para-hydroxylation sites is 1. The number of anilines is 1. The Labute approximate surface area is 181 Å². The zero-order chi connectivity index (χ0) is 22.4. The van der Waals surface area contributed by atoms with E-state index in [2.05, 4.69) is 15.7 Å². The Balaban J connectivity index is 1.72. The van der Waals surface area contributed by atoms with Crippen LogP contribution in [0.15, 0.2) is 65.5 Å². The Kier molecular flexibility index (Phi) is 6.97. The summed E-state index contributed by atoms with van der Waals surface area (Å²) < 4.78 is 1.57. The highest BCUT2D eigenvalue weighted by Gasteiger charge is 2.15. The summed E-state index contributed by atoms with van der Waals surface area (Å²) in [6.45, 7) is 5.93. The summed E-state index contributed by atoms with van der Waals surface area (Å²) in [5.74, 6) is -0.338. The molecule has 7 heteroatoms. The predicted octanol–water partition coefficient (Wildman–Crippen LogP) is 3.46. The number of benzene rings is 2. The van der Waals surface area contributed by atoms with Gasteiger partial charge in [0, 0.05) is 30.4 Å². The fraction of sp³-hybridized carbons (Fsp3) is 0.250. The van der Waals surface area contributed by atoms with Crippen molar-refractivity contribution in [1.82, 2.24) is 15.1 Å². The first-order valence-electron chi connectivity index (χ1n) is 10.2. The lowest BCUT2D eigenvalue weighted by atomic mass is 10.1. The lowest BCUT2D eigenvalue weighted by Gasteiger charge is -2.12. The van der Waals surface area contributed by atoms with E-state index >= 15 is 0 Å². The Morgan fingerprint density at radius 2 is 1.77 bits per heavy atom. The van der Waals surface area contributed by atoms with Gasteiger partial charge in [0.25, 0.3) is 5.91 Å². The van der Waals surface area contributed by atoms with Gasteiger partial charge in [-0.3, -0.25) is 14.4 Å². The van der Waals surface area contributed by atoms with Gasteiger partial charge in [-0.05, 0) is 42.7 Å². The van der Waals surface area contributed by atoms with Crippen LogP contribution in [-0.4, -0.2) is 21.6 Å². The van der Waals surface area contributed by atoms with E-state index in [4.69, 9.17) is 0 Å². The van der Waals surface area contributed by atoms with Crippen LogP contribution in [0.5, 0.6) is 0 Å². The number of rotatable bonds is 7. The number of hydrogen-bond donors (Lipinski definition) is 2. The van der Waals surface area contributed by atoms with Gasteiger partial charge in [0.1, 0.15) is 0 Å². The molecule has 0 spiro atoms. The van der Waals surface area contributed by atoms with Crippen molar-refractivity contribution in [3.8, 4) is 5.69 Å². The molecule has 0 saturated heterocycles. The molecule has 0 aliphatic rings. The first-order chi connectivity index (χ1) is 14.8. The normalized spacial score (nSPS) is 10.7. The average molecular weight is 418 g/mol. The largest absolute Gasteiger partial charge is 0.346 e. The van der Waals surface area contributed by atoms with E-state index in [0.717, 1.165) is 11.3 Å². The number of nitrogens with one attached hydrogen (secondary N) is 2. The van der Waals surface area contributed by atoms with Gasteiger partial charge >= 0.3 is 0 Å². The van der Waals surface area contributed by atoms with Crippen molar-refractivity contribution in [3.63, 3.8) is 0 Å². The molecule has 0 bridgehead atoms. The monoisotopic (exact) mass is 418 g/mol. The number of amides is 2. The summed E-state index contributed by atoms with van der Waals surface area (Å²) in [7, 11) is 0. The lowest BCUT2D eigenvalue weighted by molar-refractivity contribution is -0.116. The molecule has 3 rings (SSSR count). The minimum atomic E-state index is -0.552. The molecule has 160 valence electrons. The average Bonchev–Trinajstić information content (AvgIpc) is 2.72. The lowest BCUT2D eigenvalue weighted by Crippen LogP contribution is -2.31. The molecule has 0 radical (unpaired) electrons. The smallest absolute Gasteiger partial charge is 0.276 e. The third-order valence-electron chi connectivity index (χ3n) is 4.58. The van der Waals surface area contributed by atoms with Crippen molar-refractivity contribution in [2.45, 2.75) is 33.7 Å². The molecule has 2 amide bonds. The van der Waals surface area contributed by atoms with E-state index in [1.54, 1.807) is 29.8 Å². The summed E-state index contributed by atoms with van der Waals surface area (Å²) in [6.07, 6.45) is 0.438. The molecule has 1 heterocycles. The van der Waals surface area contributed by atoms with Gasteiger partial charge in [-0.25, -0.2) is 4.68 Å². The third kappa shape index (κ3) is 5.88. The SMILES string of the molecule is Cc1cc(=O)c(C(=O)NCc2cccc(NC(=O)CC(C)C)c2)nn1-c1ccccc1. The number of aryl methyl sites for hydroxylation is 1. The van der Waals surface area contributed by atoms with Crippen LogP contribution in [0.2, 0.25) is 0 Å². The zero-order valence-corrected chi connectivity index (χ0v) is 17.9. The molecule has 2 N–H and O–H groups in total. The van der Waals surface area contributed by atoms with Crippen LogP contribution >= 0.6 is 0 Å². The molecule has 0 fully saturated rings. The van der Waals surface area contributed by atoms with Crippen LogP contribution in [0, 0.1) is 12.8 Å². The quantitative estimate of drug-likeness (QED) is 0.615. The number of nitrogens with zero attached hydrogens (tertiary/aromatic N) is 2. The van der Waals surface area contributed by atoms with Crippen LogP contribution < -0.4 is 16.1 Å². The Hall–Kier alpha value is -3.74. The summed E-state index contributed by atoms with van der Waals surface area (Å²) >= 11 is 0. The second-order valence-corrected chi connectivity index (χ2v) is 7.78. The first-order valence-corrected chi connectivity index (χ1v) is 10.2. The van der Waals surface area contributed by atoms with Gasteiger partial charge in [-0.2, -0.15) is 5.10 Å². The number of carbonyl (C=O) groups excluding carboxylic acids is 2. The van der Waals surface area contributed by atoms with Crippen LogP contribution in [0.25, 0.3) is 5.69 Å². The van der Waals surface area contributed by atoms with Crippen LogP contribution in [0.1, 0.15) is 42.0 Å². The number of carbonyl (C=O) groups is 2. The van der Waals surface area contributed by atoms with Crippen LogP contribution in [0.4, 0.5) is 5.69 Å².